The zero-order chi connectivity index (χ0) is 21.5. The van der Waals surface area contributed by atoms with Crippen LogP contribution in [0.15, 0.2) is 36.7 Å². The van der Waals surface area contributed by atoms with Gasteiger partial charge in [-0.05, 0) is 23.8 Å². The Morgan fingerprint density at radius 1 is 1.13 bits per heavy atom. The maximum atomic E-state index is 11.7. The monoisotopic (exact) mass is 435 g/mol. The fourth-order valence-corrected chi connectivity index (χ4v) is 4.19. The number of aromatic nitrogens is 4. The summed E-state index contributed by atoms with van der Waals surface area (Å²) in [6.07, 6.45) is 3.01. The van der Waals surface area contributed by atoms with Crippen molar-refractivity contribution < 1.29 is 14.6 Å². The number of nitrogens with two attached hydrogens (primary N) is 2. The summed E-state index contributed by atoms with van der Waals surface area (Å²) in [5.41, 5.74) is 15.0. The van der Waals surface area contributed by atoms with Crippen LogP contribution in [-0.4, -0.2) is 44.2 Å². The van der Waals surface area contributed by atoms with E-state index in [1.54, 1.807) is 6.20 Å². The molecule has 1 aliphatic heterocycles. The van der Waals surface area contributed by atoms with Crippen LogP contribution in [0.3, 0.4) is 0 Å². The number of thiazole rings is 1. The number of hydrogen-bond acceptors (Lipinski definition) is 10. The topological polar surface area (TPSA) is 153 Å². The van der Waals surface area contributed by atoms with Crippen LogP contribution in [0.1, 0.15) is 15.9 Å². The van der Waals surface area contributed by atoms with E-state index >= 15 is 0 Å². The van der Waals surface area contributed by atoms with Crippen LogP contribution in [0.4, 0.5) is 16.9 Å². The van der Waals surface area contributed by atoms with Crippen molar-refractivity contribution in [2.75, 3.05) is 29.5 Å². The van der Waals surface area contributed by atoms with E-state index in [2.05, 4.69) is 19.9 Å². The van der Waals surface area contributed by atoms with Gasteiger partial charge in [0.1, 0.15) is 34.1 Å². The highest BCUT2D eigenvalue weighted by Gasteiger charge is 2.23. The molecule has 3 aromatic heterocycles. The molecule has 10 nitrogen and oxygen atoms in total. The summed E-state index contributed by atoms with van der Waals surface area (Å²) in [7, 11) is 0. The molecule has 0 unspecified atom stereocenters. The van der Waals surface area contributed by atoms with Crippen molar-refractivity contribution in [1.29, 1.82) is 0 Å². The van der Waals surface area contributed by atoms with Crippen molar-refractivity contribution >= 4 is 44.6 Å². The first-order chi connectivity index (χ1) is 15.0. The SMILES string of the molecule is Nc1ncc(C(=O)O)c(N2CCOc3ccc(-c4cnc5sc(N)nc5c4)cc3C2)n1. The summed E-state index contributed by atoms with van der Waals surface area (Å²) in [5, 5.41) is 10.0. The van der Waals surface area contributed by atoms with Gasteiger partial charge >= 0.3 is 5.97 Å². The average Bonchev–Trinajstić information content (AvgIpc) is 2.99. The Bertz CT molecular complexity index is 1320. The fraction of sp³-hybridized carbons (Fsp3) is 0.150. The molecule has 1 aliphatic rings. The molecule has 4 heterocycles. The molecule has 1 aromatic carbocycles. The van der Waals surface area contributed by atoms with Crippen LogP contribution in [0.2, 0.25) is 0 Å². The Hall–Kier alpha value is -3.99. The summed E-state index contributed by atoms with van der Waals surface area (Å²) in [6, 6.07) is 7.80. The van der Waals surface area contributed by atoms with Crippen LogP contribution in [0.25, 0.3) is 21.5 Å². The largest absolute Gasteiger partial charge is 0.491 e. The number of nitrogens with zero attached hydrogens (tertiary/aromatic N) is 5. The number of aromatic carboxylic acids is 1. The summed E-state index contributed by atoms with van der Waals surface area (Å²) >= 11 is 1.34. The molecule has 5 rings (SSSR count). The van der Waals surface area contributed by atoms with Crippen LogP contribution in [-0.2, 0) is 6.54 Å². The minimum Gasteiger partial charge on any atom is -0.491 e. The van der Waals surface area contributed by atoms with E-state index in [9.17, 15) is 9.90 Å². The van der Waals surface area contributed by atoms with E-state index in [0.717, 1.165) is 32.8 Å². The highest BCUT2D eigenvalue weighted by molar-refractivity contribution is 7.21. The predicted octanol–water partition coefficient (Wildman–Crippen LogP) is 2.41. The molecular formula is C20H17N7O3S. The van der Waals surface area contributed by atoms with Gasteiger partial charge in [0.25, 0.3) is 0 Å². The van der Waals surface area contributed by atoms with Gasteiger partial charge in [-0.25, -0.2) is 19.7 Å². The van der Waals surface area contributed by atoms with Gasteiger partial charge in [0.2, 0.25) is 5.95 Å². The second-order valence-corrected chi connectivity index (χ2v) is 7.97. The molecule has 0 saturated carbocycles. The average molecular weight is 435 g/mol. The number of pyridine rings is 1. The smallest absolute Gasteiger partial charge is 0.341 e. The van der Waals surface area contributed by atoms with Gasteiger partial charge in [-0.15, -0.1) is 0 Å². The number of carboxylic acids is 1. The van der Waals surface area contributed by atoms with Crippen molar-refractivity contribution in [2.45, 2.75) is 6.54 Å². The molecule has 156 valence electrons. The number of fused-ring (bicyclic) bond motifs is 2. The van der Waals surface area contributed by atoms with Gasteiger partial charge in [0, 0.05) is 30.1 Å². The first-order valence-corrected chi connectivity index (χ1v) is 10.2. The van der Waals surface area contributed by atoms with E-state index in [1.807, 2.05) is 29.2 Å². The molecule has 11 heteroatoms. The lowest BCUT2D eigenvalue weighted by molar-refractivity contribution is 0.0696. The van der Waals surface area contributed by atoms with Crippen molar-refractivity contribution in [1.82, 2.24) is 19.9 Å². The maximum absolute atomic E-state index is 11.7. The molecule has 0 spiro atoms. The van der Waals surface area contributed by atoms with Crippen LogP contribution < -0.4 is 21.1 Å². The lowest BCUT2D eigenvalue weighted by atomic mass is 10.0. The third-order valence-corrected chi connectivity index (χ3v) is 5.76. The number of ether oxygens (including phenoxy) is 1. The third kappa shape index (κ3) is 3.55. The van der Waals surface area contributed by atoms with Gasteiger partial charge in [0.15, 0.2) is 5.13 Å². The number of nitrogen functional groups attached to an aromatic ring is 2. The van der Waals surface area contributed by atoms with E-state index in [1.165, 1.54) is 17.5 Å². The molecule has 0 bridgehead atoms. The summed E-state index contributed by atoms with van der Waals surface area (Å²) < 4.78 is 5.89. The van der Waals surface area contributed by atoms with E-state index < -0.39 is 5.97 Å². The molecule has 0 fully saturated rings. The molecular weight excluding hydrogens is 418 g/mol. The fourth-order valence-electron chi connectivity index (χ4n) is 3.53. The number of carbonyl (C=O) groups is 1. The van der Waals surface area contributed by atoms with Crippen molar-refractivity contribution in [3.05, 3.63) is 47.8 Å². The highest BCUT2D eigenvalue weighted by atomic mass is 32.1. The normalized spacial score (nSPS) is 13.5. The number of rotatable bonds is 3. The third-order valence-electron chi connectivity index (χ3n) is 4.96. The zero-order valence-electron chi connectivity index (χ0n) is 16.1. The van der Waals surface area contributed by atoms with E-state index in [0.29, 0.717) is 24.8 Å². The minimum atomic E-state index is -1.11. The second-order valence-electron chi connectivity index (χ2n) is 6.96. The van der Waals surface area contributed by atoms with E-state index in [-0.39, 0.29) is 17.3 Å². The molecule has 31 heavy (non-hydrogen) atoms. The number of anilines is 3. The number of benzene rings is 1. The van der Waals surface area contributed by atoms with Gasteiger partial charge in [-0.2, -0.15) is 4.98 Å². The van der Waals surface area contributed by atoms with Crippen LogP contribution in [0, 0.1) is 0 Å². The molecule has 0 amide bonds. The molecule has 0 atom stereocenters. The summed E-state index contributed by atoms with van der Waals surface area (Å²) in [4.78, 5) is 31.0. The lowest BCUT2D eigenvalue weighted by Crippen LogP contribution is -2.28. The minimum absolute atomic E-state index is 0.00965. The Labute approximate surface area is 180 Å². The first kappa shape index (κ1) is 19.0. The van der Waals surface area contributed by atoms with Gasteiger partial charge in [-0.1, -0.05) is 17.4 Å². The van der Waals surface area contributed by atoms with Crippen molar-refractivity contribution in [2.24, 2.45) is 0 Å². The highest BCUT2D eigenvalue weighted by Crippen LogP contribution is 2.33. The van der Waals surface area contributed by atoms with Crippen molar-refractivity contribution in [3.63, 3.8) is 0 Å². The summed E-state index contributed by atoms with van der Waals surface area (Å²) in [5.74, 6) is -0.0999. The Balaban J connectivity index is 1.53. The Morgan fingerprint density at radius 3 is 2.84 bits per heavy atom. The van der Waals surface area contributed by atoms with Gasteiger partial charge in [0.05, 0.1) is 6.54 Å². The Kier molecular flexibility index (Phi) is 4.51. The predicted molar refractivity (Wildman–Crippen MR) is 117 cm³/mol. The lowest BCUT2D eigenvalue weighted by Gasteiger charge is -2.22. The number of carboxylic acid groups (broad SMARTS) is 1. The van der Waals surface area contributed by atoms with Gasteiger partial charge in [-0.3, -0.25) is 0 Å². The van der Waals surface area contributed by atoms with Crippen LogP contribution in [0.5, 0.6) is 5.75 Å². The van der Waals surface area contributed by atoms with Crippen molar-refractivity contribution in [3.8, 4) is 16.9 Å². The second kappa shape index (κ2) is 7.36. The molecule has 5 N–H and O–H groups in total. The molecule has 0 saturated heterocycles. The standard InChI is InChI=1S/C20H17N7O3S/c21-19-24-8-13(18(28)29)16(26-19)27-3-4-30-15-2-1-10(5-12(15)9-27)11-6-14-17(23-7-11)31-20(22)25-14/h1-2,5-8H,3-4,9H2,(H2,22,25)(H,28,29)(H2,21,24,26). The zero-order valence-corrected chi connectivity index (χ0v) is 17.0. The Morgan fingerprint density at radius 2 is 2.00 bits per heavy atom. The van der Waals surface area contributed by atoms with Crippen LogP contribution >= 0.6 is 11.3 Å². The molecule has 0 radical (unpaired) electrons. The number of hydrogen-bond donors (Lipinski definition) is 3. The first-order valence-electron chi connectivity index (χ1n) is 9.37. The molecule has 0 aliphatic carbocycles. The van der Waals surface area contributed by atoms with E-state index in [4.69, 9.17) is 16.2 Å². The molecule has 4 aromatic rings. The maximum Gasteiger partial charge on any atom is 0.341 e. The van der Waals surface area contributed by atoms with Gasteiger partial charge < -0.3 is 26.2 Å². The quantitative estimate of drug-likeness (QED) is 0.437. The summed E-state index contributed by atoms with van der Waals surface area (Å²) in [6.45, 7) is 1.23.